The van der Waals surface area contributed by atoms with E-state index in [9.17, 15) is 18.7 Å². The monoisotopic (exact) mass is 428 g/mol. The number of nitrogens with one attached hydrogen (secondary N) is 2. The zero-order valence-electron chi connectivity index (χ0n) is 17.9. The molecule has 2 aromatic carbocycles. The molecular formula is C24H26F2N2O3. The van der Waals surface area contributed by atoms with Crippen LogP contribution in [-0.4, -0.2) is 17.2 Å². The van der Waals surface area contributed by atoms with E-state index in [1.54, 1.807) is 12.1 Å². The van der Waals surface area contributed by atoms with Crippen LogP contribution in [-0.2, 0) is 0 Å². The van der Waals surface area contributed by atoms with Gasteiger partial charge in [-0.2, -0.15) is 0 Å². The standard InChI is InChI=1S/C24H26F2N2O3/c1-13(2)21-12-20(5-6-22(21)29)31-23-14(3)7-18(8-15(23)4)27-24(30)28-19-10-16(25)9-17(26)11-19/h5-7,9-13,18,29H,8H2,1-4H3,(H2,27,28,30). The van der Waals surface area contributed by atoms with Crippen LogP contribution in [0.4, 0.5) is 19.3 Å². The number of anilines is 1. The SMILES string of the molecule is CC1=CC(NC(=O)Nc2cc(F)cc(F)c2)CC(C)=C1Oc1ccc(O)c(C(C)C)c1. The number of ether oxygens (including phenoxy) is 1. The first-order chi connectivity index (χ1) is 14.6. The van der Waals surface area contributed by atoms with Gasteiger partial charge in [-0.3, -0.25) is 0 Å². The van der Waals surface area contributed by atoms with Gasteiger partial charge in [-0.15, -0.1) is 0 Å². The van der Waals surface area contributed by atoms with Crippen molar-refractivity contribution in [3.8, 4) is 11.5 Å². The first-order valence-corrected chi connectivity index (χ1v) is 10.0. The number of phenolic OH excluding ortho intramolecular Hbond substituents is 1. The van der Waals surface area contributed by atoms with Crippen LogP contribution in [0.15, 0.2) is 59.4 Å². The summed E-state index contributed by atoms with van der Waals surface area (Å²) in [7, 11) is 0. The molecule has 0 aliphatic heterocycles. The van der Waals surface area contributed by atoms with E-state index in [0.717, 1.165) is 34.9 Å². The third-order valence-corrected chi connectivity index (χ3v) is 5.00. The number of hydrogen-bond acceptors (Lipinski definition) is 3. The van der Waals surface area contributed by atoms with E-state index in [0.29, 0.717) is 17.9 Å². The van der Waals surface area contributed by atoms with Crippen molar-refractivity contribution in [3.05, 3.63) is 76.6 Å². The van der Waals surface area contributed by atoms with Gasteiger partial charge in [-0.25, -0.2) is 13.6 Å². The fraction of sp³-hybridized carbons (Fsp3) is 0.292. The maximum absolute atomic E-state index is 13.3. The molecule has 0 spiro atoms. The summed E-state index contributed by atoms with van der Waals surface area (Å²) < 4.78 is 32.7. The molecule has 164 valence electrons. The van der Waals surface area contributed by atoms with E-state index in [1.165, 1.54) is 0 Å². The highest BCUT2D eigenvalue weighted by Gasteiger charge is 2.21. The van der Waals surface area contributed by atoms with Crippen molar-refractivity contribution >= 4 is 11.7 Å². The van der Waals surface area contributed by atoms with Gasteiger partial charge >= 0.3 is 6.03 Å². The average molecular weight is 428 g/mol. The van der Waals surface area contributed by atoms with E-state index in [2.05, 4.69) is 10.6 Å². The molecule has 3 N–H and O–H groups in total. The Morgan fingerprint density at radius 1 is 1.13 bits per heavy atom. The lowest BCUT2D eigenvalue weighted by molar-refractivity contribution is 0.250. The van der Waals surface area contributed by atoms with Crippen molar-refractivity contribution in [3.63, 3.8) is 0 Å². The number of urea groups is 1. The Kier molecular flexibility index (Phi) is 6.63. The number of carbonyl (C=O) groups excluding carboxylic acids is 1. The first-order valence-electron chi connectivity index (χ1n) is 10.0. The molecule has 2 amide bonds. The maximum Gasteiger partial charge on any atom is 0.319 e. The van der Waals surface area contributed by atoms with Crippen LogP contribution < -0.4 is 15.4 Å². The van der Waals surface area contributed by atoms with Gasteiger partial charge in [0.15, 0.2) is 0 Å². The van der Waals surface area contributed by atoms with Crippen molar-refractivity contribution in [2.24, 2.45) is 0 Å². The van der Waals surface area contributed by atoms with Gasteiger partial charge in [0.25, 0.3) is 0 Å². The molecule has 0 saturated heterocycles. The molecule has 5 nitrogen and oxygen atoms in total. The first kappa shape index (κ1) is 22.3. The fourth-order valence-electron chi connectivity index (χ4n) is 3.59. The number of phenols is 1. The molecule has 3 rings (SSSR count). The average Bonchev–Trinajstić information content (AvgIpc) is 2.64. The normalized spacial score (nSPS) is 16.2. The van der Waals surface area contributed by atoms with E-state index in [-0.39, 0.29) is 23.4 Å². The molecule has 2 aromatic rings. The van der Waals surface area contributed by atoms with E-state index in [4.69, 9.17) is 4.74 Å². The molecule has 0 aromatic heterocycles. The second-order valence-electron chi connectivity index (χ2n) is 8.00. The van der Waals surface area contributed by atoms with Gasteiger partial charge in [-0.05, 0) is 67.7 Å². The number of rotatable bonds is 5. The lowest BCUT2D eigenvalue weighted by Gasteiger charge is -2.25. The number of allylic oxidation sites excluding steroid dienone is 1. The van der Waals surface area contributed by atoms with Gasteiger partial charge in [0.2, 0.25) is 0 Å². The molecule has 1 aliphatic rings. The second-order valence-corrected chi connectivity index (χ2v) is 8.00. The third kappa shape index (κ3) is 5.63. The van der Waals surface area contributed by atoms with Crippen LogP contribution in [0.2, 0.25) is 0 Å². The van der Waals surface area contributed by atoms with Gasteiger partial charge in [0, 0.05) is 17.3 Å². The zero-order valence-corrected chi connectivity index (χ0v) is 17.9. The quantitative estimate of drug-likeness (QED) is 0.548. The largest absolute Gasteiger partial charge is 0.508 e. The fourth-order valence-corrected chi connectivity index (χ4v) is 3.59. The van der Waals surface area contributed by atoms with Crippen LogP contribution in [0.25, 0.3) is 0 Å². The van der Waals surface area contributed by atoms with Crippen molar-refractivity contribution in [1.82, 2.24) is 5.32 Å². The van der Waals surface area contributed by atoms with Crippen LogP contribution >= 0.6 is 0 Å². The summed E-state index contributed by atoms with van der Waals surface area (Å²) in [6.45, 7) is 7.80. The molecule has 0 radical (unpaired) electrons. The Hall–Kier alpha value is -3.35. The van der Waals surface area contributed by atoms with Gasteiger partial charge < -0.3 is 20.5 Å². The highest BCUT2D eigenvalue weighted by atomic mass is 19.1. The van der Waals surface area contributed by atoms with Crippen LogP contribution in [0, 0.1) is 11.6 Å². The summed E-state index contributed by atoms with van der Waals surface area (Å²) in [5.74, 6) is 0.197. The minimum absolute atomic E-state index is 0.0380. The minimum Gasteiger partial charge on any atom is -0.508 e. The van der Waals surface area contributed by atoms with Gasteiger partial charge in [0.1, 0.15) is 28.9 Å². The van der Waals surface area contributed by atoms with Crippen LogP contribution in [0.3, 0.4) is 0 Å². The molecule has 0 fully saturated rings. The number of amides is 2. The Morgan fingerprint density at radius 3 is 2.42 bits per heavy atom. The summed E-state index contributed by atoms with van der Waals surface area (Å²) in [6.07, 6.45) is 2.39. The molecule has 1 aliphatic carbocycles. The summed E-state index contributed by atoms with van der Waals surface area (Å²) in [5.41, 5.74) is 2.64. The van der Waals surface area contributed by atoms with Crippen molar-refractivity contribution in [2.45, 2.75) is 46.1 Å². The Labute approximate surface area is 180 Å². The number of hydrogen-bond donors (Lipinski definition) is 3. The number of halogens is 2. The van der Waals surface area contributed by atoms with Crippen molar-refractivity contribution in [2.75, 3.05) is 5.32 Å². The van der Waals surface area contributed by atoms with Crippen LogP contribution in [0.1, 0.15) is 45.6 Å². The molecule has 7 heteroatoms. The highest BCUT2D eigenvalue weighted by molar-refractivity contribution is 5.89. The maximum atomic E-state index is 13.3. The summed E-state index contributed by atoms with van der Waals surface area (Å²) in [5, 5.41) is 15.2. The molecule has 0 bridgehead atoms. The topological polar surface area (TPSA) is 70.6 Å². The van der Waals surface area contributed by atoms with Crippen LogP contribution in [0.5, 0.6) is 11.5 Å². The molecule has 1 atom stereocenters. The van der Waals surface area contributed by atoms with Gasteiger partial charge in [0.05, 0.1) is 6.04 Å². The molecule has 0 heterocycles. The smallest absolute Gasteiger partial charge is 0.319 e. The number of carbonyl (C=O) groups is 1. The highest BCUT2D eigenvalue weighted by Crippen LogP contribution is 2.33. The van der Waals surface area contributed by atoms with E-state index >= 15 is 0 Å². The van der Waals surface area contributed by atoms with E-state index in [1.807, 2.05) is 39.8 Å². The third-order valence-electron chi connectivity index (χ3n) is 5.00. The molecule has 1 unspecified atom stereocenters. The lowest BCUT2D eigenvalue weighted by atomic mass is 9.95. The molecular weight excluding hydrogens is 402 g/mol. The Morgan fingerprint density at radius 2 is 1.81 bits per heavy atom. The van der Waals surface area contributed by atoms with E-state index < -0.39 is 17.7 Å². The number of benzene rings is 2. The summed E-state index contributed by atoms with van der Waals surface area (Å²) in [6, 6.07) is 7.13. The molecule has 31 heavy (non-hydrogen) atoms. The zero-order chi connectivity index (χ0) is 22.7. The van der Waals surface area contributed by atoms with Gasteiger partial charge in [-0.1, -0.05) is 19.9 Å². The second kappa shape index (κ2) is 9.20. The summed E-state index contributed by atoms with van der Waals surface area (Å²) in [4.78, 5) is 12.3. The molecule has 0 saturated carbocycles. The van der Waals surface area contributed by atoms with Crippen molar-refractivity contribution < 1.29 is 23.4 Å². The minimum atomic E-state index is -0.765. The Balaban J connectivity index is 1.67. The lowest BCUT2D eigenvalue weighted by Crippen LogP contribution is -2.38. The predicted octanol–water partition coefficient (Wildman–Crippen LogP) is 5.99. The number of aromatic hydroxyl groups is 1. The Bertz CT molecular complexity index is 1040. The summed E-state index contributed by atoms with van der Waals surface area (Å²) >= 11 is 0. The van der Waals surface area contributed by atoms with Crippen molar-refractivity contribution in [1.29, 1.82) is 0 Å². The predicted molar refractivity (Wildman–Crippen MR) is 116 cm³/mol.